The van der Waals surface area contributed by atoms with E-state index in [-0.39, 0.29) is 0 Å². The van der Waals surface area contributed by atoms with Gasteiger partial charge in [0.2, 0.25) is 0 Å². The molecule has 0 bridgehead atoms. The van der Waals surface area contributed by atoms with E-state index in [0.717, 1.165) is 60.1 Å². The summed E-state index contributed by atoms with van der Waals surface area (Å²) in [5.41, 5.74) is 11.8. The normalized spacial score (nSPS) is 13.6. The summed E-state index contributed by atoms with van der Waals surface area (Å²) in [5, 5.41) is 5.29. The van der Waals surface area contributed by atoms with E-state index in [1.807, 2.05) is 6.07 Å². The maximum Gasteiger partial charge on any atom is 0.189 e. The van der Waals surface area contributed by atoms with Crippen LogP contribution >= 0.6 is 0 Å². The van der Waals surface area contributed by atoms with Crippen LogP contribution in [0.25, 0.3) is 28.1 Å². The molecule has 212 valence electrons. The highest BCUT2D eigenvalue weighted by atomic mass is 16.5. The van der Waals surface area contributed by atoms with Crippen LogP contribution in [0.2, 0.25) is 0 Å². The fourth-order valence-corrected chi connectivity index (χ4v) is 7.12. The number of nitrogens with zero attached hydrogens (tertiary/aromatic N) is 4. The van der Waals surface area contributed by atoms with Gasteiger partial charge in [-0.3, -0.25) is 0 Å². The Bertz CT molecular complexity index is 1720. The molecule has 0 fully saturated rings. The average Bonchev–Trinajstić information content (AvgIpc) is 3.52. The Kier molecular flexibility index (Phi) is 6.34. The average molecular weight is 555 g/mol. The van der Waals surface area contributed by atoms with Crippen molar-refractivity contribution in [2.45, 2.75) is 40.2 Å². The monoisotopic (exact) mass is 554 g/mol. The molecule has 1 aliphatic carbocycles. The number of fused-ring (bicyclic) bond motifs is 9. The minimum atomic E-state index is -0.810. The Labute approximate surface area is 249 Å². The molecule has 42 heavy (non-hydrogen) atoms. The SMILES string of the molecule is CCN(CC)c1ccc2c(c1)-c1cc(N(CC)CC)ccc1C21Oc2ccccc2-c2nn(-c3ccccc3)c(C)c21. The van der Waals surface area contributed by atoms with Crippen molar-refractivity contribution in [1.29, 1.82) is 0 Å². The van der Waals surface area contributed by atoms with Crippen LogP contribution in [0.1, 0.15) is 50.1 Å². The lowest BCUT2D eigenvalue weighted by atomic mass is 9.79. The summed E-state index contributed by atoms with van der Waals surface area (Å²) >= 11 is 0. The molecule has 0 unspecified atom stereocenters. The van der Waals surface area contributed by atoms with Gasteiger partial charge in [-0.1, -0.05) is 42.5 Å². The molecular weight excluding hydrogens is 516 g/mol. The smallest absolute Gasteiger partial charge is 0.189 e. The third-order valence-electron chi connectivity index (χ3n) is 9.19. The number of ether oxygens (including phenoxy) is 1. The Morgan fingerprint density at radius 3 is 1.79 bits per heavy atom. The fourth-order valence-electron chi connectivity index (χ4n) is 7.12. The zero-order valence-electron chi connectivity index (χ0n) is 25.2. The summed E-state index contributed by atoms with van der Waals surface area (Å²) in [4.78, 5) is 4.83. The summed E-state index contributed by atoms with van der Waals surface area (Å²) in [7, 11) is 0. The zero-order valence-corrected chi connectivity index (χ0v) is 25.2. The van der Waals surface area contributed by atoms with Crippen molar-refractivity contribution in [3.05, 3.63) is 113 Å². The van der Waals surface area contributed by atoms with Gasteiger partial charge in [-0.25, -0.2) is 4.68 Å². The van der Waals surface area contributed by atoms with E-state index < -0.39 is 5.60 Å². The van der Waals surface area contributed by atoms with E-state index in [2.05, 4.69) is 134 Å². The van der Waals surface area contributed by atoms with Gasteiger partial charge in [0.15, 0.2) is 5.60 Å². The molecule has 0 saturated heterocycles. The standard InChI is InChI=1S/C37H38N4O/c1-6-39(7-2)27-19-21-32-30(23-27)31-24-28(40(8-3)9-4)20-22-33(31)37(32)35-25(5)41(26-15-11-10-12-16-26)38-36(35)29-17-13-14-18-34(29)42-37/h10-24H,6-9H2,1-5H3. The summed E-state index contributed by atoms with van der Waals surface area (Å²) in [5.74, 6) is 0.863. The van der Waals surface area contributed by atoms with Gasteiger partial charge in [-0.15, -0.1) is 0 Å². The molecule has 1 aliphatic heterocycles. The van der Waals surface area contributed by atoms with Gasteiger partial charge < -0.3 is 14.5 Å². The van der Waals surface area contributed by atoms with Crippen LogP contribution in [0.4, 0.5) is 11.4 Å². The topological polar surface area (TPSA) is 33.5 Å². The number of para-hydroxylation sites is 2. The summed E-state index contributed by atoms with van der Waals surface area (Å²) in [6.07, 6.45) is 0. The van der Waals surface area contributed by atoms with Crippen molar-refractivity contribution in [1.82, 2.24) is 9.78 Å². The van der Waals surface area contributed by atoms with Crippen LogP contribution in [0.3, 0.4) is 0 Å². The minimum absolute atomic E-state index is 0.810. The lowest BCUT2D eigenvalue weighted by Gasteiger charge is -2.38. The highest BCUT2D eigenvalue weighted by Gasteiger charge is 2.53. The predicted molar refractivity (Wildman–Crippen MR) is 173 cm³/mol. The third-order valence-corrected chi connectivity index (χ3v) is 9.19. The van der Waals surface area contributed by atoms with Crippen molar-refractivity contribution < 1.29 is 4.74 Å². The van der Waals surface area contributed by atoms with Gasteiger partial charge in [0.05, 0.1) is 11.3 Å². The Hall–Kier alpha value is -4.51. The second kappa shape index (κ2) is 10.1. The van der Waals surface area contributed by atoms with Crippen molar-refractivity contribution in [2.75, 3.05) is 36.0 Å². The number of hydrogen-bond acceptors (Lipinski definition) is 4. The lowest BCUT2D eigenvalue weighted by Crippen LogP contribution is -2.37. The lowest BCUT2D eigenvalue weighted by molar-refractivity contribution is 0.156. The number of benzene rings is 4. The first-order valence-corrected chi connectivity index (χ1v) is 15.3. The molecule has 5 aromatic rings. The molecule has 2 aliphatic rings. The van der Waals surface area contributed by atoms with E-state index in [4.69, 9.17) is 9.84 Å². The molecule has 0 N–H and O–H groups in total. The molecule has 0 atom stereocenters. The molecule has 5 heteroatoms. The molecule has 4 aromatic carbocycles. The maximum absolute atomic E-state index is 7.32. The van der Waals surface area contributed by atoms with Gasteiger partial charge in [0, 0.05) is 59.9 Å². The summed E-state index contributed by atoms with van der Waals surface area (Å²) in [6.45, 7) is 14.9. The van der Waals surface area contributed by atoms with Gasteiger partial charge >= 0.3 is 0 Å². The first kappa shape index (κ1) is 26.4. The second-order valence-electron chi connectivity index (χ2n) is 11.1. The minimum Gasteiger partial charge on any atom is -0.472 e. The largest absolute Gasteiger partial charge is 0.472 e. The Balaban J connectivity index is 1.56. The number of aromatic nitrogens is 2. The van der Waals surface area contributed by atoms with E-state index in [9.17, 15) is 0 Å². The Morgan fingerprint density at radius 2 is 1.21 bits per heavy atom. The molecule has 7 rings (SSSR count). The second-order valence-corrected chi connectivity index (χ2v) is 11.1. The van der Waals surface area contributed by atoms with Crippen LogP contribution in [-0.4, -0.2) is 36.0 Å². The van der Waals surface area contributed by atoms with Crippen molar-refractivity contribution in [2.24, 2.45) is 0 Å². The van der Waals surface area contributed by atoms with E-state index >= 15 is 0 Å². The van der Waals surface area contributed by atoms with Gasteiger partial charge in [0.25, 0.3) is 0 Å². The van der Waals surface area contributed by atoms with Crippen molar-refractivity contribution in [3.63, 3.8) is 0 Å². The van der Waals surface area contributed by atoms with Crippen molar-refractivity contribution in [3.8, 4) is 33.8 Å². The van der Waals surface area contributed by atoms with Crippen LogP contribution in [0, 0.1) is 6.92 Å². The van der Waals surface area contributed by atoms with Crippen LogP contribution < -0.4 is 14.5 Å². The molecular formula is C37H38N4O. The number of rotatable bonds is 7. The van der Waals surface area contributed by atoms with Crippen LogP contribution in [-0.2, 0) is 5.60 Å². The zero-order chi connectivity index (χ0) is 29.0. The number of anilines is 2. The Morgan fingerprint density at radius 1 is 0.667 bits per heavy atom. The van der Waals surface area contributed by atoms with Crippen LogP contribution in [0.5, 0.6) is 5.75 Å². The summed E-state index contributed by atoms with van der Waals surface area (Å²) in [6, 6.07) is 32.7. The van der Waals surface area contributed by atoms with E-state index in [1.165, 1.54) is 33.6 Å². The van der Waals surface area contributed by atoms with Crippen molar-refractivity contribution >= 4 is 11.4 Å². The van der Waals surface area contributed by atoms with Gasteiger partial charge in [-0.05, 0) is 94.3 Å². The third kappa shape index (κ3) is 3.65. The molecule has 0 saturated carbocycles. The molecule has 0 amide bonds. The van der Waals surface area contributed by atoms with Gasteiger partial charge in [0.1, 0.15) is 11.4 Å². The predicted octanol–water partition coefficient (Wildman–Crippen LogP) is 8.20. The number of hydrogen-bond donors (Lipinski definition) is 0. The first-order chi connectivity index (χ1) is 20.5. The quantitative estimate of drug-likeness (QED) is 0.203. The molecule has 0 radical (unpaired) electrons. The fraction of sp³-hybridized carbons (Fsp3) is 0.270. The molecule has 2 heterocycles. The summed E-state index contributed by atoms with van der Waals surface area (Å²) < 4.78 is 9.40. The molecule has 1 aromatic heterocycles. The highest BCUT2D eigenvalue weighted by molar-refractivity contribution is 5.90. The molecule has 1 spiro atoms. The van der Waals surface area contributed by atoms with Crippen LogP contribution in [0.15, 0.2) is 91.0 Å². The maximum atomic E-state index is 7.32. The highest BCUT2D eigenvalue weighted by Crippen LogP contribution is 2.60. The van der Waals surface area contributed by atoms with Gasteiger partial charge in [-0.2, -0.15) is 5.10 Å². The molecule has 5 nitrogen and oxygen atoms in total. The van der Waals surface area contributed by atoms with E-state index in [0.29, 0.717) is 0 Å². The first-order valence-electron chi connectivity index (χ1n) is 15.3. The van der Waals surface area contributed by atoms with E-state index in [1.54, 1.807) is 0 Å².